The van der Waals surface area contributed by atoms with Gasteiger partial charge in [-0.3, -0.25) is 4.79 Å². The molecule has 0 fully saturated rings. The number of rotatable bonds is 7. The number of anilines is 1. The number of hydrogen-bond donors (Lipinski definition) is 2. The van der Waals surface area contributed by atoms with E-state index in [1.54, 1.807) is 42.6 Å². The van der Waals surface area contributed by atoms with Crippen LogP contribution in [0.3, 0.4) is 0 Å². The number of nitrogens with one attached hydrogen (secondary N) is 2. The van der Waals surface area contributed by atoms with Gasteiger partial charge >= 0.3 is 0 Å². The third-order valence-corrected chi connectivity index (χ3v) is 3.14. The lowest BCUT2D eigenvalue weighted by Crippen LogP contribution is -2.15. The van der Waals surface area contributed by atoms with Crippen LogP contribution in [0.25, 0.3) is 0 Å². The van der Waals surface area contributed by atoms with Gasteiger partial charge in [0.25, 0.3) is 0 Å². The van der Waals surface area contributed by atoms with Crippen LogP contribution >= 0.6 is 36.4 Å². The normalized spacial score (nSPS) is 9.42. The van der Waals surface area contributed by atoms with Gasteiger partial charge in [-0.2, -0.15) is 0 Å². The molecule has 2 N–H and O–H groups in total. The number of carbonyl (C=O) groups is 1. The first kappa shape index (κ1) is 22.5. The summed E-state index contributed by atoms with van der Waals surface area (Å²) >= 11 is 5.81. The molecule has 5 nitrogen and oxygen atoms in total. The van der Waals surface area contributed by atoms with Crippen molar-refractivity contribution < 1.29 is 9.53 Å². The third kappa shape index (κ3) is 7.84. The minimum atomic E-state index is -0.0246. The highest BCUT2D eigenvalue weighted by atomic mass is 35.5. The number of pyridine rings is 1. The van der Waals surface area contributed by atoms with Crippen LogP contribution in [0, 0.1) is 0 Å². The average molecular weight is 393 g/mol. The summed E-state index contributed by atoms with van der Waals surface area (Å²) in [5, 5.41) is 6.45. The van der Waals surface area contributed by atoms with Crippen LogP contribution in [0.1, 0.15) is 12.8 Å². The quantitative estimate of drug-likeness (QED) is 0.689. The van der Waals surface area contributed by atoms with E-state index in [-0.39, 0.29) is 30.7 Å². The van der Waals surface area contributed by atoms with E-state index in [0.29, 0.717) is 28.8 Å². The van der Waals surface area contributed by atoms with Crippen molar-refractivity contribution in [3.05, 3.63) is 47.6 Å². The number of ether oxygens (including phenoxy) is 1. The van der Waals surface area contributed by atoms with E-state index in [1.165, 1.54) is 0 Å². The first-order chi connectivity index (χ1) is 10.7. The smallest absolute Gasteiger partial charge is 0.224 e. The Balaban J connectivity index is 0.00000264. The van der Waals surface area contributed by atoms with Gasteiger partial charge in [0.05, 0.1) is 11.9 Å². The van der Waals surface area contributed by atoms with Gasteiger partial charge in [-0.1, -0.05) is 11.6 Å². The monoisotopic (exact) mass is 391 g/mol. The summed E-state index contributed by atoms with van der Waals surface area (Å²) in [5.41, 5.74) is 0.651. The largest absolute Gasteiger partial charge is 0.439 e. The van der Waals surface area contributed by atoms with Gasteiger partial charge in [0, 0.05) is 17.5 Å². The summed E-state index contributed by atoms with van der Waals surface area (Å²) in [4.78, 5) is 15.8. The van der Waals surface area contributed by atoms with E-state index < -0.39 is 0 Å². The Morgan fingerprint density at radius 2 is 1.88 bits per heavy atom. The van der Waals surface area contributed by atoms with Crippen molar-refractivity contribution in [2.45, 2.75) is 12.8 Å². The van der Waals surface area contributed by atoms with E-state index in [0.717, 1.165) is 13.0 Å². The number of benzene rings is 1. The summed E-state index contributed by atoms with van der Waals surface area (Å²) in [6, 6.07) is 10.5. The summed E-state index contributed by atoms with van der Waals surface area (Å²) in [5.74, 6) is 1.08. The van der Waals surface area contributed by atoms with Crippen LogP contribution < -0.4 is 15.4 Å². The van der Waals surface area contributed by atoms with Crippen LogP contribution in [0.4, 0.5) is 5.69 Å². The van der Waals surface area contributed by atoms with E-state index in [1.807, 2.05) is 7.05 Å². The Morgan fingerprint density at radius 3 is 2.46 bits per heavy atom. The van der Waals surface area contributed by atoms with Crippen LogP contribution in [-0.2, 0) is 4.79 Å². The Labute approximate surface area is 159 Å². The molecule has 0 aliphatic carbocycles. The van der Waals surface area contributed by atoms with Crippen molar-refractivity contribution in [2.75, 3.05) is 18.9 Å². The molecule has 1 aromatic carbocycles. The lowest BCUT2D eigenvalue weighted by Gasteiger charge is -2.07. The molecule has 0 spiro atoms. The van der Waals surface area contributed by atoms with Gasteiger partial charge in [-0.05, 0) is 50.3 Å². The fourth-order valence-electron chi connectivity index (χ4n) is 1.79. The van der Waals surface area contributed by atoms with Gasteiger partial charge in [-0.25, -0.2) is 4.98 Å². The second-order valence-corrected chi connectivity index (χ2v) is 5.13. The topological polar surface area (TPSA) is 63.2 Å². The van der Waals surface area contributed by atoms with E-state index in [9.17, 15) is 4.79 Å². The fraction of sp³-hybridized carbons (Fsp3) is 0.250. The first-order valence-electron chi connectivity index (χ1n) is 7.01. The maximum atomic E-state index is 11.7. The number of aromatic nitrogens is 1. The van der Waals surface area contributed by atoms with Gasteiger partial charge in [-0.15, -0.1) is 24.8 Å². The Hall–Kier alpha value is -1.53. The fourth-order valence-corrected chi connectivity index (χ4v) is 1.91. The van der Waals surface area contributed by atoms with Crippen molar-refractivity contribution in [3.63, 3.8) is 0 Å². The van der Waals surface area contributed by atoms with Crippen LogP contribution in [0.15, 0.2) is 42.6 Å². The summed E-state index contributed by atoms with van der Waals surface area (Å²) in [6.07, 6.45) is 2.85. The lowest BCUT2D eigenvalue weighted by molar-refractivity contribution is -0.116. The predicted molar refractivity (Wildman–Crippen MR) is 102 cm³/mol. The SMILES string of the molecule is CNCCCC(=O)Nc1ccc(Oc2ccc(Cl)cc2)nc1.Cl.Cl. The molecule has 132 valence electrons. The highest BCUT2D eigenvalue weighted by Gasteiger charge is 2.03. The molecule has 2 rings (SSSR count). The highest BCUT2D eigenvalue weighted by Crippen LogP contribution is 2.22. The van der Waals surface area contributed by atoms with Gasteiger partial charge in [0.15, 0.2) is 0 Å². The van der Waals surface area contributed by atoms with Gasteiger partial charge in [0.1, 0.15) is 5.75 Å². The number of carbonyl (C=O) groups excluding carboxylic acids is 1. The van der Waals surface area contributed by atoms with Crippen molar-refractivity contribution in [2.24, 2.45) is 0 Å². The van der Waals surface area contributed by atoms with E-state index in [2.05, 4.69) is 15.6 Å². The summed E-state index contributed by atoms with van der Waals surface area (Å²) in [7, 11) is 1.86. The molecule has 24 heavy (non-hydrogen) atoms. The van der Waals surface area contributed by atoms with Gasteiger partial charge in [0.2, 0.25) is 11.8 Å². The zero-order valence-electron chi connectivity index (χ0n) is 13.1. The molecule has 8 heteroatoms. The molecule has 0 atom stereocenters. The van der Waals surface area contributed by atoms with E-state index in [4.69, 9.17) is 16.3 Å². The molecule has 0 unspecified atom stereocenters. The Kier molecular flexibility index (Phi) is 11.2. The molecule has 1 heterocycles. The standard InChI is InChI=1S/C16H18ClN3O2.2ClH/c1-18-10-2-3-15(21)20-13-6-9-16(19-11-13)22-14-7-4-12(17)5-8-14;;/h4-9,11,18H,2-3,10H2,1H3,(H,20,21);2*1H. The van der Waals surface area contributed by atoms with Crippen LogP contribution in [0.2, 0.25) is 5.02 Å². The van der Waals surface area contributed by atoms with Crippen LogP contribution in [0.5, 0.6) is 11.6 Å². The van der Waals surface area contributed by atoms with Crippen molar-refractivity contribution in [1.82, 2.24) is 10.3 Å². The number of amides is 1. The maximum Gasteiger partial charge on any atom is 0.224 e. The maximum absolute atomic E-state index is 11.7. The molecule has 1 amide bonds. The molecule has 0 bridgehead atoms. The number of halogens is 3. The van der Waals surface area contributed by atoms with E-state index >= 15 is 0 Å². The number of hydrogen-bond acceptors (Lipinski definition) is 4. The third-order valence-electron chi connectivity index (χ3n) is 2.89. The van der Waals surface area contributed by atoms with Gasteiger partial charge < -0.3 is 15.4 Å². The molecular weight excluding hydrogens is 373 g/mol. The second kappa shape index (κ2) is 11.9. The zero-order valence-corrected chi connectivity index (χ0v) is 15.5. The molecule has 0 radical (unpaired) electrons. The molecule has 0 aliphatic heterocycles. The predicted octanol–water partition coefficient (Wildman–Crippen LogP) is 4.31. The average Bonchev–Trinajstić information content (AvgIpc) is 2.52. The summed E-state index contributed by atoms with van der Waals surface area (Å²) in [6.45, 7) is 0.819. The second-order valence-electron chi connectivity index (χ2n) is 4.70. The Morgan fingerprint density at radius 1 is 1.17 bits per heavy atom. The minimum Gasteiger partial charge on any atom is -0.439 e. The Bertz CT molecular complexity index is 607. The van der Waals surface area contributed by atoms with Crippen molar-refractivity contribution in [3.8, 4) is 11.6 Å². The molecule has 2 aromatic rings. The number of nitrogens with zero attached hydrogens (tertiary/aromatic N) is 1. The molecule has 1 aromatic heterocycles. The molecular formula is C16H20Cl3N3O2. The minimum absolute atomic E-state index is 0. The first-order valence-corrected chi connectivity index (χ1v) is 7.39. The van der Waals surface area contributed by atoms with Crippen LogP contribution in [-0.4, -0.2) is 24.5 Å². The molecule has 0 aliphatic rings. The lowest BCUT2D eigenvalue weighted by atomic mass is 10.3. The summed E-state index contributed by atoms with van der Waals surface area (Å²) < 4.78 is 5.58. The molecule has 0 saturated heterocycles. The van der Waals surface area contributed by atoms with Crippen molar-refractivity contribution in [1.29, 1.82) is 0 Å². The zero-order chi connectivity index (χ0) is 15.8. The molecule has 0 saturated carbocycles. The van der Waals surface area contributed by atoms with Crippen molar-refractivity contribution >= 4 is 48.0 Å². The highest BCUT2D eigenvalue weighted by molar-refractivity contribution is 6.30.